The third-order valence-corrected chi connectivity index (χ3v) is 3.02. The Bertz CT molecular complexity index is 222. The van der Waals surface area contributed by atoms with Crippen LogP contribution in [0.15, 0.2) is 23.5 Å². The number of allylic oxidation sites excluding steroid dienone is 3. The second kappa shape index (κ2) is 3.21. The first kappa shape index (κ1) is 9.17. The molecule has 0 unspecified atom stereocenters. The Kier molecular flexibility index (Phi) is 2.46. The molecule has 0 aromatic rings. The van der Waals surface area contributed by atoms with Gasteiger partial charge in [-0.25, -0.2) is 0 Å². The molecule has 0 atom stereocenters. The van der Waals surface area contributed by atoms with Crippen molar-refractivity contribution < 1.29 is 0 Å². The maximum Gasteiger partial charge on any atom is 0.0291 e. The van der Waals surface area contributed by atoms with Crippen molar-refractivity contribution >= 4 is 0 Å². The molecule has 0 spiro atoms. The maximum absolute atomic E-state index is 5.97. The van der Waals surface area contributed by atoms with Crippen LogP contribution in [0.2, 0.25) is 0 Å². The van der Waals surface area contributed by atoms with Gasteiger partial charge in [-0.2, -0.15) is 0 Å². The summed E-state index contributed by atoms with van der Waals surface area (Å²) in [6.07, 6.45) is 7.15. The molecule has 0 heterocycles. The van der Waals surface area contributed by atoms with E-state index < -0.39 is 0 Å². The van der Waals surface area contributed by atoms with Crippen LogP contribution in [0, 0.1) is 5.41 Å². The fourth-order valence-corrected chi connectivity index (χ4v) is 1.77. The topological polar surface area (TPSA) is 52.0 Å². The van der Waals surface area contributed by atoms with Gasteiger partial charge in [-0.15, -0.1) is 0 Å². The van der Waals surface area contributed by atoms with E-state index in [-0.39, 0.29) is 5.41 Å². The summed E-state index contributed by atoms with van der Waals surface area (Å²) < 4.78 is 0. The Morgan fingerprint density at radius 2 is 1.92 bits per heavy atom. The van der Waals surface area contributed by atoms with E-state index in [2.05, 4.69) is 19.9 Å². The minimum Gasteiger partial charge on any atom is -0.402 e. The van der Waals surface area contributed by atoms with Gasteiger partial charge in [0.15, 0.2) is 0 Å². The molecule has 0 saturated heterocycles. The fraction of sp³-hybridized carbons (Fsp3) is 0.600. The van der Waals surface area contributed by atoms with Gasteiger partial charge in [-0.3, -0.25) is 0 Å². The van der Waals surface area contributed by atoms with Gasteiger partial charge in [-0.1, -0.05) is 19.9 Å². The van der Waals surface area contributed by atoms with E-state index in [0.29, 0.717) is 0 Å². The second-order valence-electron chi connectivity index (χ2n) is 3.50. The lowest BCUT2D eigenvalue weighted by Crippen LogP contribution is -2.29. The summed E-state index contributed by atoms with van der Waals surface area (Å²) in [5, 5.41) is 0. The van der Waals surface area contributed by atoms with Crippen LogP contribution in [0.3, 0.4) is 0 Å². The minimum absolute atomic E-state index is 0.183. The highest BCUT2D eigenvalue weighted by atomic mass is 14.7. The van der Waals surface area contributed by atoms with Crippen LogP contribution in [0.25, 0.3) is 0 Å². The first-order valence-electron chi connectivity index (χ1n) is 4.58. The van der Waals surface area contributed by atoms with Gasteiger partial charge in [0.25, 0.3) is 0 Å². The lowest BCUT2D eigenvalue weighted by Gasteiger charge is -2.33. The van der Waals surface area contributed by atoms with E-state index in [1.165, 1.54) is 0 Å². The number of nitrogens with two attached hydrogens (primary N) is 2. The van der Waals surface area contributed by atoms with Crippen molar-refractivity contribution in [1.82, 2.24) is 0 Å². The summed E-state index contributed by atoms with van der Waals surface area (Å²) in [6, 6.07) is 0. The Balaban J connectivity index is 2.91. The number of hydrogen-bond acceptors (Lipinski definition) is 2. The van der Waals surface area contributed by atoms with Crippen molar-refractivity contribution in [1.29, 1.82) is 0 Å². The average molecular weight is 166 g/mol. The van der Waals surface area contributed by atoms with Crippen molar-refractivity contribution in [3.05, 3.63) is 23.5 Å². The Labute approximate surface area is 74.3 Å². The molecule has 0 aromatic heterocycles. The highest BCUT2D eigenvalue weighted by Crippen LogP contribution is 2.39. The molecular weight excluding hydrogens is 148 g/mol. The van der Waals surface area contributed by atoms with Gasteiger partial charge in [0.05, 0.1) is 0 Å². The van der Waals surface area contributed by atoms with E-state index in [0.717, 1.165) is 30.7 Å². The molecule has 68 valence electrons. The molecule has 0 bridgehead atoms. The van der Waals surface area contributed by atoms with E-state index in [4.69, 9.17) is 11.5 Å². The molecule has 12 heavy (non-hydrogen) atoms. The number of rotatable bonds is 2. The zero-order valence-electron chi connectivity index (χ0n) is 7.93. The van der Waals surface area contributed by atoms with Crippen molar-refractivity contribution in [3.8, 4) is 0 Å². The Morgan fingerprint density at radius 1 is 1.33 bits per heavy atom. The molecule has 0 saturated carbocycles. The smallest absolute Gasteiger partial charge is 0.0291 e. The van der Waals surface area contributed by atoms with Gasteiger partial charge in [-0.05, 0) is 25.3 Å². The zero-order valence-corrected chi connectivity index (χ0v) is 7.93. The van der Waals surface area contributed by atoms with Gasteiger partial charge in [0.2, 0.25) is 0 Å². The highest BCUT2D eigenvalue weighted by Gasteiger charge is 2.29. The van der Waals surface area contributed by atoms with Gasteiger partial charge in [0.1, 0.15) is 0 Å². The van der Waals surface area contributed by atoms with Gasteiger partial charge in [0, 0.05) is 16.8 Å². The maximum atomic E-state index is 5.97. The predicted octanol–water partition coefficient (Wildman–Crippen LogP) is 1.88. The first-order chi connectivity index (χ1) is 5.64. The Morgan fingerprint density at radius 3 is 2.33 bits per heavy atom. The van der Waals surface area contributed by atoms with Crippen LogP contribution < -0.4 is 11.5 Å². The molecule has 0 aromatic carbocycles. The molecule has 1 aliphatic carbocycles. The Hall–Kier alpha value is -0.920. The summed E-state index contributed by atoms with van der Waals surface area (Å²) in [4.78, 5) is 0. The largest absolute Gasteiger partial charge is 0.402 e. The van der Waals surface area contributed by atoms with E-state index >= 15 is 0 Å². The second-order valence-corrected chi connectivity index (χ2v) is 3.50. The molecule has 4 N–H and O–H groups in total. The standard InChI is InChI=1S/C10H18N2/c1-3-10(4-2)6-5-8(11)7-9(10)12/h5,7H,3-4,6,11-12H2,1-2H3. The van der Waals surface area contributed by atoms with Crippen molar-refractivity contribution in [2.24, 2.45) is 16.9 Å². The molecule has 0 fully saturated rings. The normalized spacial score (nSPS) is 21.5. The van der Waals surface area contributed by atoms with E-state index in [1.807, 2.05) is 6.08 Å². The lowest BCUT2D eigenvalue weighted by molar-refractivity contribution is 0.322. The van der Waals surface area contributed by atoms with Crippen molar-refractivity contribution in [3.63, 3.8) is 0 Å². The van der Waals surface area contributed by atoms with Crippen LogP contribution in [-0.4, -0.2) is 0 Å². The summed E-state index contributed by atoms with van der Waals surface area (Å²) in [6.45, 7) is 4.36. The lowest BCUT2D eigenvalue weighted by atomic mass is 9.74. The zero-order chi connectivity index (χ0) is 9.19. The summed E-state index contributed by atoms with van der Waals surface area (Å²) >= 11 is 0. The first-order valence-corrected chi connectivity index (χ1v) is 4.58. The molecular formula is C10H18N2. The van der Waals surface area contributed by atoms with Crippen LogP contribution in [0.5, 0.6) is 0 Å². The van der Waals surface area contributed by atoms with Gasteiger partial charge >= 0.3 is 0 Å². The molecule has 2 heteroatoms. The third-order valence-electron chi connectivity index (χ3n) is 3.02. The van der Waals surface area contributed by atoms with Crippen LogP contribution >= 0.6 is 0 Å². The number of hydrogen-bond donors (Lipinski definition) is 2. The monoisotopic (exact) mass is 166 g/mol. The van der Waals surface area contributed by atoms with E-state index in [9.17, 15) is 0 Å². The van der Waals surface area contributed by atoms with E-state index in [1.54, 1.807) is 0 Å². The predicted molar refractivity (Wildman–Crippen MR) is 52.2 cm³/mol. The molecule has 1 aliphatic rings. The highest BCUT2D eigenvalue weighted by molar-refractivity contribution is 5.29. The van der Waals surface area contributed by atoms with Crippen LogP contribution in [-0.2, 0) is 0 Å². The summed E-state index contributed by atoms with van der Waals surface area (Å²) in [5.41, 5.74) is 13.6. The summed E-state index contributed by atoms with van der Waals surface area (Å²) in [7, 11) is 0. The summed E-state index contributed by atoms with van der Waals surface area (Å²) in [5.74, 6) is 0. The average Bonchev–Trinajstić information content (AvgIpc) is 2.06. The molecule has 0 amide bonds. The third kappa shape index (κ3) is 1.33. The quantitative estimate of drug-likeness (QED) is 0.658. The van der Waals surface area contributed by atoms with Crippen molar-refractivity contribution in [2.75, 3.05) is 0 Å². The SMILES string of the molecule is CCC1(CC)CC=C(N)C=C1N. The molecule has 0 aliphatic heterocycles. The van der Waals surface area contributed by atoms with Crippen LogP contribution in [0.4, 0.5) is 0 Å². The van der Waals surface area contributed by atoms with Gasteiger partial charge < -0.3 is 11.5 Å². The van der Waals surface area contributed by atoms with Crippen molar-refractivity contribution in [2.45, 2.75) is 33.1 Å². The molecule has 2 nitrogen and oxygen atoms in total. The molecule has 0 radical (unpaired) electrons. The van der Waals surface area contributed by atoms with Crippen LogP contribution in [0.1, 0.15) is 33.1 Å². The molecule has 1 rings (SSSR count). The minimum atomic E-state index is 0.183. The fourth-order valence-electron chi connectivity index (χ4n) is 1.77.